The number of pyridine rings is 1. The molecular weight excluding hydrogens is 206 g/mol. The van der Waals surface area contributed by atoms with Crippen LogP contribution in [0.1, 0.15) is 6.42 Å². The lowest BCUT2D eigenvalue weighted by molar-refractivity contribution is -0.142. The molecule has 3 nitrogen and oxygen atoms in total. The minimum atomic E-state index is -1.01. The highest BCUT2D eigenvalue weighted by molar-refractivity contribution is 8.76. The van der Waals surface area contributed by atoms with Crippen molar-refractivity contribution in [3.05, 3.63) is 24.4 Å². The topological polar surface area (TPSA) is 49.9 Å². The molecule has 1 heterocycles. The van der Waals surface area contributed by atoms with Crippen LogP contribution in [0.5, 0.6) is 0 Å². The maximum Gasteiger partial charge on any atom is 0.356 e. The van der Waals surface area contributed by atoms with Crippen molar-refractivity contribution in [3.63, 3.8) is 0 Å². The molecule has 0 aliphatic rings. The van der Waals surface area contributed by atoms with Gasteiger partial charge in [-0.3, -0.25) is 0 Å². The van der Waals surface area contributed by atoms with Crippen LogP contribution in [0.15, 0.2) is 29.4 Å². The van der Waals surface area contributed by atoms with Gasteiger partial charge >= 0.3 is 5.97 Å². The van der Waals surface area contributed by atoms with Gasteiger partial charge in [-0.1, -0.05) is 16.9 Å². The molecule has 1 rings (SSSR count). The number of hydrogen-bond donors (Lipinski definition) is 0. The van der Waals surface area contributed by atoms with Gasteiger partial charge in [-0.15, -0.1) is 0 Å². The first-order valence-corrected chi connectivity index (χ1v) is 6.01. The highest BCUT2D eigenvalue weighted by atomic mass is 33.1. The third-order valence-electron chi connectivity index (χ3n) is 1.17. The zero-order chi connectivity index (χ0) is 9.52. The quantitative estimate of drug-likeness (QED) is 0.556. The molecule has 69 valence electrons. The lowest BCUT2D eigenvalue weighted by Gasteiger charge is -1.96. The predicted molar refractivity (Wildman–Crippen MR) is 52.9 cm³/mol. The summed E-state index contributed by atoms with van der Waals surface area (Å²) >= 11 is 0. The summed E-state index contributed by atoms with van der Waals surface area (Å²) in [5.74, 6) is -0.460. The Morgan fingerprint density at radius 1 is 1.46 bits per heavy atom. The van der Waals surface area contributed by atoms with E-state index < -0.39 is 5.97 Å². The lowest BCUT2D eigenvalue weighted by atomic mass is 10.5. The standard InChI is InChI=1S/C8H8NO2S2/c10-8(11)4-6-12-13-7-3-1-2-5-9-7/h1-3,5H,4,6H2. The van der Waals surface area contributed by atoms with Crippen LogP contribution < -0.4 is 0 Å². The molecule has 1 aromatic rings. The molecule has 0 amide bonds. The molecule has 0 unspecified atom stereocenters. The van der Waals surface area contributed by atoms with Crippen LogP contribution >= 0.6 is 21.6 Å². The number of nitrogens with zero attached hydrogens (tertiary/aromatic N) is 1. The average Bonchev–Trinajstić information content (AvgIpc) is 2.14. The summed E-state index contributed by atoms with van der Waals surface area (Å²) in [5, 5.41) is 11.0. The number of rotatable bonds is 5. The Hall–Kier alpha value is -0.680. The zero-order valence-electron chi connectivity index (χ0n) is 6.80. The molecule has 0 aromatic carbocycles. The van der Waals surface area contributed by atoms with E-state index in [0.29, 0.717) is 5.75 Å². The van der Waals surface area contributed by atoms with Crippen molar-refractivity contribution < 1.29 is 9.90 Å². The van der Waals surface area contributed by atoms with Gasteiger partial charge in [0.1, 0.15) is 5.03 Å². The Labute approximate surface area is 84.3 Å². The first-order valence-electron chi connectivity index (χ1n) is 3.69. The summed E-state index contributed by atoms with van der Waals surface area (Å²) in [6, 6.07) is 5.63. The maximum absolute atomic E-state index is 10.1. The largest absolute Gasteiger partial charge is 0.356 e. The number of carbonyl (C=O) groups excluding carboxylic acids is 1. The normalized spacial score (nSPS) is 9.85. The van der Waals surface area contributed by atoms with Crippen LogP contribution in [0, 0.1) is 0 Å². The number of carbonyl (C=O) groups is 1. The van der Waals surface area contributed by atoms with Crippen LogP contribution in [-0.4, -0.2) is 16.7 Å². The van der Waals surface area contributed by atoms with Gasteiger partial charge in [-0.25, -0.2) is 14.9 Å². The van der Waals surface area contributed by atoms with Crippen molar-refractivity contribution >= 4 is 27.6 Å². The van der Waals surface area contributed by atoms with Crippen molar-refractivity contribution in [1.29, 1.82) is 0 Å². The molecule has 1 radical (unpaired) electrons. The van der Waals surface area contributed by atoms with Gasteiger partial charge in [0, 0.05) is 11.9 Å². The minimum Gasteiger partial charge on any atom is -0.249 e. The second-order valence-corrected chi connectivity index (χ2v) is 4.63. The fourth-order valence-electron chi connectivity index (χ4n) is 0.623. The smallest absolute Gasteiger partial charge is 0.249 e. The van der Waals surface area contributed by atoms with Crippen molar-refractivity contribution in [2.24, 2.45) is 0 Å². The second kappa shape index (κ2) is 5.88. The summed E-state index contributed by atoms with van der Waals surface area (Å²) in [5.41, 5.74) is 0. The Morgan fingerprint density at radius 3 is 2.92 bits per heavy atom. The zero-order valence-corrected chi connectivity index (χ0v) is 8.44. The molecule has 13 heavy (non-hydrogen) atoms. The van der Waals surface area contributed by atoms with Crippen LogP contribution in [0.4, 0.5) is 0 Å². The van der Waals surface area contributed by atoms with Crippen molar-refractivity contribution in [3.8, 4) is 0 Å². The third-order valence-corrected chi connectivity index (χ3v) is 3.44. The highest BCUT2D eigenvalue weighted by Gasteiger charge is 2.00. The first kappa shape index (κ1) is 10.4. The molecule has 5 heteroatoms. The van der Waals surface area contributed by atoms with E-state index in [1.165, 1.54) is 21.6 Å². The van der Waals surface area contributed by atoms with E-state index in [2.05, 4.69) is 4.98 Å². The molecule has 0 spiro atoms. The van der Waals surface area contributed by atoms with Crippen LogP contribution in [0.3, 0.4) is 0 Å². The van der Waals surface area contributed by atoms with Gasteiger partial charge in [0.25, 0.3) is 0 Å². The van der Waals surface area contributed by atoms with Crippen LogP contribution in [-0.2, 0) is 9.90 Å². The van der Waals surface area contributed by atoms with Gasteiger partial charge < -0.3 is 0 Å². The van der Waals surface area contributed by atoms with Gasteiger partial charge in [0.2, 0.25) is 0 Å². The molecular formula is C8H8NO2S2. The number of hydrogen-bond acceptors (Lipinski definition) is 4. The number of aromatic nitrogens is 1. The third kappa shape index (κ3) is 4.80. The second-order valence-electron chi connectivity index (χ2n) is 2.20. The summed E-state index contributed by atoms with van der Waals surface area (Å²) in [6.07, 6.45) is 1.80. The predicted octanol–water partition coefficient (Wildman–Crippen LogP) is 2.17. The first-order chi connectivity index (χ1) is 6.29. The lowest BCUT2D eigenvalue weighted by Crippen LogP contribution is -1.92. The molecule has 0 saturated carbocycles. The Bertz CT molecular complexity index is 266. The van der Waals surface area contributed by atoms with E-state index in [-0.39, 0.29) is 6.42 Å². The fourth-order valence-corrected chi connectivity index (χ4v) is 2.47. The molecule has 0 aliphatic heterocycles. The van der Waals surface area contributed by atoms with Crippen LogP contribution in [0.25, 0.3) is 0 Å². The summed E-state index contributed by atoms with van der Waals surface area (Å²) in [7, 11) is 2.94. The van der Waals surface area contributed by atoms with E-state index in [1.807, 2.05) is 18.2 Å². The Balaban J connectivity index is 2.17. The summed E-state index contributed by atoms with van der Waals surface area (Å²) < 4.78 is 0. The van der Waals surface area contributed by atoms with E-state index in [0.717, 1.165) is 5.03 Å². The highest BCUT2D eigenvalue weighted by Crippen LogP contribution is 2.29. The average molecular weight is 214 g/mol. The van der Waals surface area contributed by atoms with E-state index >= 15 is 0 Å². The Morgan fingerprint density at radius 2 is 2.31 bits per heavy atom. The van der Waals surface area contributed by atoms with Crippen LogP contribution in [0.2, 0.25) is 0 Å². The van der Waals surface area contributed by atoms with Gasteiger partial charge in [-0.05, 0) is 22.9 Å². The summed E-state index contributed by atoms with van der Waals surface area (Å²) in [4.78, 5) is 14.1. The molecule has 0 atom stereocenters. The minimum absolute atomic E-state index is 0.0878. The summed E-state index contributed by atoms with van der Waals surface area (Å²) in [6.45, 7) is 0. The van der Waals surface area contributed by atoms with Gasteiger partial charge in [-0.2, -0.15) is 0 Å². The molecule has 1 aromatic heterocycles. The van der Waals surface area contributed by atoms with Gasteiger partial charge in [0.05, 0.1) is 6.42 Å². The van der Waals surface area contributed by atoms with E-state index in [4.69, 9.17) is 0 Å². The SMILES string of the molecule is [O]C(=O)CCSSc1ccccn1. The van der Waals surface area contributed by atoms with Gasteiger partial charge in [0.15, 0.2) is 0 Å². The van der Waals surface area contributed by atoms with Crippen molar-refractivity contribution in [2.45, 2.75) is 11.4 Å². The maximum atomic E-state index is 10.1. The van der Waals surface area contributed by atoms with Crippen molar-refractivity contribution in [2.75, 3.05) is 5.75 Å². The van der Waals surface area contributed by atoms with E-state index in [1.54, 1.807) is 6.20 Å². The monoisotopic (exact) mass is 214 g/mol. The molecule has 0 N–H and O–H groups in total. The Kier molecular flexibility index (Phi) is 4.70. The molecule has 0 aliphatic carbocycles. The molecule has 0 fully saturated rings. The van der Waals surface area contributed by atoms with E-state index in [9.17, 15) is 9.90 Å². The molecule has 0 saturated heterocycles. The fraction of sp³-hybridized carbons (Fsp3) is 0.250. The van der Waals surface area contributed by atoms with Crippen molar-refractivity contribution in [1.82, 2.24) is 4.98 Å². The molecule has 0 bridgehead atoms.